The Bertz CT molecular complexity index is 3880. The summed E-state index contributed by atoms with van der Waals surface area (Å²) in [5.74, 6) is 0. The van der Waals surface area contributed by atoms with Crippen LogP contribution in [0, 0.1) is 6.92 Å². The molecule has 2 aliphatic rings. The molecule has 12 aromatic rings. The highest BCUT2D eigenvalue weighted by Gasteiger charge is 2.51. The molecule has 308 valence electrons. The summed E-state index contributed by atoms with van der Waals surface area (Å²) >= 11 is 1.92. The van der Waals surface area contributed by atoms with Crippen molar-refractivity contribution < 1.29 is 0 Å². The Hall–Kier alpha value is -8.04. The van der Waals surface area contributed by atoms with Gasteiger partial charge in [-0.2, -0.15) is 0 Å². The van der Waals surface area contributed by atoms with Gasteiger partial charge in [0.25, 0.3) is 0 Å². The molecule has 11 aromatic carbocycles. The molecule has 1 spiro atoms. The molecule has 1 aromatic heterocycles. The molecule has 66 heavy (non-hydrogen) atoms. The van der Waals surface area contributed by atoms with Crippen molar-refractivity contribution in [3.05, 3.63) is 258 Å². The molecular weight excluding hydrogens is 815 g/mol. The van der Waals surface area contributed by atoms with Crippen molar-refractivity contribution in [3.8, 4) is 44.5 Å². The van der Waals surface area contributed by atoms with Crippen LogP contribution in [0.1, 0.15) is 27.8 Å². The fourth-order valence-electron chi connectivity index (χ4n) is 11.7. The van der Waals surface area contributed by atoms with E-state index in [0.717, 1.165) is 11.4 Å². The van der Waals surface area contributed by atoms with Gasteiger partial charge >= 0.3 is 0 Å². The predicted molar refractivity (Wildman–Crippen MR) is 281 cm³/mol. The molecule has 14 rings (SSSR count). The van der Waals surface area contributed by atoms with Crippen molar-refractivity contribution in [2.75, 3.05) is 4.90 Å². The van der Waals surface area contributed by atoms with Crippen LogP contribution in [0.4, 0.5) is 17.1 Å². The van der Waals surface area contributed by atoms with Gasteiger partial charge in [-0.05, 0) is 126 Å². The second-order valence-electron chi connectivity index (χ2n) is 18.0. The summed E-state index contributed by atoms with van der Waals surface area (Å²) in [5, 5.41) is 7.68. The van der Waals surface area contributed by atoms with E-state index < -0.39 is 5.41 Å². The average molecular weight is 856 g/mol. The highest BCUT2D eigenvalue weighted by atomic mass is 32.1. The van der Waals surface area contributed by atoms with Gasteiger partial charge in [0, 0.05) is 32.4 Å². The van der Waals surface area contributed by atoms with Crippen molar-refractivity contribution in [1.29, 1.82) is 0 Å². The first-order chi connectivity index (χ1) is 32.6. The van der Waals surface area contributed by atoms with Crippen LogP contribution in [-0.2, 0) is 5.41 Å². The van der Waals surface area contributed by atoms with Gasteiger partial charge in [-0.1, -0.05) is 200 Å². The topological polar surface area (TPSA) is 3.24 Å². The zero-order chi connectivity index (χ0) is 43.5. The third kappa shape index (κ3) is 5.22. The number of benzene rings is 11. The third-order valence-corrected chi connectivity index (χ3v) is 15.8. The number of nitrogens with zero attached hydrogens (tertiary/aromatic N) is 1. The van der Waals surface area contributed by atoms with Crippen LogP contribution < -0.4 is 4.90 Å². The van der Waals surface area contributed by atoms with Crippen molar-refractivity contribution in [2.24, 2.45) is 0 Å². The van der Waals surface area contributed by atoms with Gasteiger partial charge < -0.3 is 4.90 Å². The molecule has 0 radical (unpaired) electrons. The van der Waals surface area contributed by atoms with Gasteiger partial charge in [-0.25, -0.2) is 0 Å². The van der Waals surface area contributed by atoms with Gasteiger partial charge in [-0.15, -0.1) is 11.3 Å². The third-order valence-electron chi connectivity index (χ3n) is 14.5. The Balaban J connectivity index is 1.05. The first kappa shape index (κ1) is 37.3. The number of hydrogen-bond donors (Lipinski definition) is 0. The normalized spacial score (nSPS) is 13.0. The number of rotatable bonds is 5. The summed E-state index contributed by atoms with van der Waals surface area (Å²) in [5.41, 5.74) is 19.8. The molecule has 0 aliphatic heterocycles. The minimum Gasteiger partial charge on any atom is -0.309 e. The maximum atomic E-state index is 2.53. The van der Waals surface area contributed by atoms with Gasteiger partial charge in [0.15, 0.2) is 0 Å². The van der Waals surface area contributed by atoms with E-state index in [0.29, 0.717) is 0 Å². The molecule has 0 amide bonds. The monoisotopic (exact) mass is 855 g/mol. The maximum absolute atomic E-state index is 2.53. The van der Waals surface area contributed by atoms with E-state index in [1.807, 2.05) is 11.3 Å². The summed E-state index contributed by atoms with van der Waals surface area (Å²) in [6.07, 6.45) is 0. The Kier molecular flexibility index (Phi) is 8.05. The highest BCUT2D eigenvalue weighted by Crippen LogP contribution is 2.63. The predicted octanol–water partition coefficient (Wildman–Crippen LogP) is 17.8. The second kappa shape index (κ2) is 14.2. The number of thiophene rings is 1. The van der Waals surface area contributed by atoms with Crippen LogP contribution in [0.25, 0.3) is 86.2 Å². The SMILES string of the molecule is Cc1ccc2cc(-c3ccccc3)c3sc4c(N(c5ccc(-c6cccc7ccccc67)cc5)c5ccc6c(c5)C5(c7ccccc7-c7ccccc75)c5ccccc5-6)cccc4c3c2c1. The molecule has 0 fully saturated rings. The Morgan fingerprint density at radius 1 is 0.348 bits per heavy atom. The van der Waals surface area contributed by atoms with E-state index in [9.17, 15) is 0 Å². The highest BCUT2D eigenvalue weighted by molar-refractivity contribution is 7.27. The first-order valence-corrected chi connectivity index (χ1v) is 23.7. The summed E-state index contributed by atoms with van der Waals surface area (Å²) in [4.78, 5) is 2.53. The van der Waals surface area contributed by atoms with Crippen molar-refractivity contribution in [3.63, 3.8) is 0 Å². The quantitative estimate of drug-likeness (QED) is 0.167. The summed E-state index contributed by atoms with van der Waals surface area (Å²) in [6.45, 7) is 2.21. The number of hydrogen-bond acceptors (Lipinski definition) is 2. The second-order valence-corrected chi connectivity index (χ2v) is 19.0. The van der Waals surface area contributed by atoms with E-state index in [1.165, 1.54) is 120 Å². The van der Waals surface area contributed by atoms with Crippen LogP contribution in [0.2, 0.25) is 0 Å². The lowest BCUT2D eigenvalue weighted by molar-refractivity contribution is 0.793. The molecular formula is C64H41NS. The molecule has 1 nitrogen and oxygen atoms in total. The molecule has 2 aliphatic carbocycles. The van der Waals surface area contributed by atoms with Gasteiger partial charge in [-0.3, -0.25) is 0 Å². The van der Waals surface area contributed by atoms with Crippen LogP contribution in [-0.4, -0.2) is 0 Å². The molecule has 2 heteroatoms. The van der Waals surface area contributed by atoms with Gasteiger partial charge in [0.2, 0.25) is 0 Å². The summed E-state index contributed by atoms with van der Waals surface area (Å²) < 4.78 is 2.59. The lowest BCUT2D eigenvalue weighted by atomic mass is 9.70. The molecule has 1 heterocycles. The Morgan fingerprint density at radius 2 is 0.924 bits per heavy atom. The molecule has 0 saturated heterocycles. The summed E-state index contributed by atoms with van der Waals surface area (Å²) in [6, 6.07) is 86.4. The minimum atomic E-state index is -0.454. The van der Waals surface area contributed by atoms with Crippen LogP contribution in [0.15, 0.2) is 231 Å². The largest absolute Gasteiger partial charge is 0.309 e. The van der Waals surface area contributed by atoms with Crippen LogP contribution in [0.3, 0.4) is 0 Å². The number of aryl methyl sites for hydroxylation is 1. The van der Waals surface area contributed by atoms with Crippen molar-refractivity contribution in [1.82, 2.24) is 0 Å². The van der Waals surface area contributed by atoms with Gasteiger partial charge in [0.05, 0.1) is 15.8 Å². The zero-order valence-electron chi connectivity index (χ0n) is 36.3. The average Bonchev–Trinajstić information content (AvgIpc) is 4.02. The molecule has 0 saturated carbocycles. The fourth-order valence-corrected chi connectivity index (χ4v) is 13.1. The molecule has 0 N–H and O–H groups in total. The van der Waals surface area contributed by atoms with E-state index in [2.05, 4.69) is 242 Å². The van der Waals surface area contributed by atoms with E-state index in [1.54, 1.807) is 0 Å². The minimum absolute atomic E-state index is 0.454. The van der Waals surface area contributed by atoms with E-state index >= 15 is 0 Å². The van der Waals surface area contributed by atoms with Crippen molar-refractivity contribution in [2.45, 2.75) is 12.3 Å². The zero-order valence-corrected chi connectivity index (χ0v) is 37.1. The van der Waals surface area contributed by atoms with Gasteiger partial charge in [0.1, 0.15) is 0 Å². The van der Waals surface area contributed by atoms with Crippen LogP contribution >= 0.6 is 11.3 Å². The lowest BCUT2D eigenvalue weighted by Crippen LogP contribution is -2.26. The first-order valence-electron chi connectivity index (χ1n) is 22.9. The Labute approximate surface area is 388 Å². The standard InChI is InChI=1S/C64H41NS/c1-40-29-30-44-38-55(42-15-3-2-4-16-42)63-61(54(44)37-40)53-24-14-28-60(62(53)66-63)65(45-33-31-43(32-34-45)48-23-13-18-41-17-5-6-19-47(41)48)46-35-36-52-51-22-9-12-27-58(51)64(59(52)39-46)56-25-10-7-20-49(56)50-21-8-11-26-57(50)64/h2-39H,1H3. The molecule has 0 bridgehead atoms. The summed E-state index contributed by atoms with van der Waals surface area (Å²) in [7, 11) is 0. The maximum Gasteiger partial charge on any atom is 0.0726 e. The molecule has 0 atom stereocenters. The van der Waals surface area contributed by atoms with Crippen LogP contribution in [0.5, 0.6) is 0 Å². The smallest absolute Gasteiger partial charge is 0.0726 e. The number of anilines is 3. The number of fused-ring (bicyclic) bond motifs is 16. The van der Waals surface area contributed by atoms with E-state index in [-0.39, 0.29) is 0 Å². The van der Waals surface area contributed by atoms with Crippen molar-refractivity contribution >= 4 is 70.1 Å². The fraction of sp³-hybridized carbons (Fsp3) is 0.0312. The lowest BCUT2D eigenvalue weighted by Gasteiger charge is -2.32. The Morgan fingerprint density at radius 3 is 1.67 bits per heavy atom. The van der Waals surface area contributed by atoms with E-state index in [4.69, 9.17) is 0 Å². The molecule has 0 unspecified atom stereocenters.